The molecule has 0 atom stereocenters. The molecular weight excluding hydrogens is 584 g/mol. The first kappa shape index (κ1) is 26.0. The van der Waals surface area contributed by atoms with Crippen LogP contribution in [0.4, 0.5) is 11.4 Å². The Morgan fingerprint density at radius 1 is 1.06 bits per heavy atom. The molecule has 180 valence electrons. The van der Waals surface area contributed by atoms with E-state index in [-0.39, 0.29) is 23.8 Å². The first-order chi connectivity index (χ1) is 16.6. The number of nitrogens with zero attached hydrogens (tertiary/aromatic N) is 2. The maximum atomic E-state index is 12.3. The average molecular weight is 604 g/mol. The molecule has 2 amide bonds. The fourth-order valence-electron chi connectivity index (χ4n) is 3.03. The average Bonchev–Trinajstić information content (AvgIpc) is 2.80. The molecule has 2 N–H and O–H groups in total. The van der Waals surface area contributed by atoms with Gasteiger partial charge in [0.15, 0.2) is 6.61 Å². The number of hydrazone groups is 1. The van der Waals surface area contributed by atoms with Crippen molar-refractivity contribution in [1.82, 2.24) is 5.43 Å². The Morgan fingerprint density at radius 2 is 1.71 bits per heavy atom. The SMILES string of the molecule is Cc1ccc(NC(=O)COc2c(Br)cc(/C=N/NC(=O)c3ccc([N+](=O)[O-])cc3)cc2Br)c(C)c1. The third kappa shape index (κ3) is 7.20. The lowest BCUT2D eigenvalue weighted by atomic mass is 10.1. The monoisotopic (exact) mass is 602 g/mol. The van der Waals surface area contributed by atoms with Crippen molar-refractivity contribution in [2.75, 3.05) is 11.9 Å². The zero-order valence-corrected chi connectivity index (χ0v) is 21.8. The predicted molar refractivity (Wildman–Crippen MR) is 140 cm³/mol. The van der Waals surface area contributed by atoms with Crippen LogP contribution >= 0.6 is 31.9 Å². The van der Waals surface area contributed by atoms with Gasteiger partial charge in [-0.1, -0.05) is 17.7 Å². The molecule has 3 aromatic carbocycles. The molecule has 3 aromatic rings. The van der Waals surface area contributed by atoms with E-state index in [0.717, 1.165) is 16.8 Å². The molecule has 0 aromatic heterocycles. The van der Waals surface area contributed by atoms with Crippen LogP contribution in [-0.2, 0) is 4.79 Å². The van der Waals surface area contributed by atoms with E-state index in [1.807, 2.05) is 32.0 Å². The summed E-state index contributed by atoms with van der Waals surface area (Å²) in [7, 11) is 0. The number of nitro groups is 1. The Bertz CT molecular complexity index is 1290. The number of hydrogen-bond donors (Lipinski definition) is 2. The van der Waals surface area contributed by atoms with Crippen molar-refractivity contribution in [3.05, 3.63) is 95.9 Å². The predicted octanol–water partition coefficient (Wildman–Crippen LogP) is 5.52. The molecule has 0 unspecified atom stereocenters. The number of rotatable bonds is 8. The van der Waals surface area contributed by atoms with Crippen LogP contribution in [0, 0.1) is 24.0 Å². The quantitative estimate of drug-likeness (QED) is 0.199. The van der Waals surface area contributed by atoms with Gasteiger partial charge in [0.1, 0.15) is 5.75 Å². The number of carbonyl (C=O) groups is 2. The maximum Gasteiger partial charge on any atom is 0.271 e. The molecule has 11 heteroatoms. The summed E-state index contributed by atoms with van der Waals surface area (Å²) in [4.78, 5) is 34.6. The molecule has 3 rings (SSSR count). The van der Waals surface area contributed by atoms with Gasteiger partial charge in [-0.05, 0) is 87.2 Å². The molecule has 0 aliphatic heterocycles. The fourth-order valence-corrected chi connectivity index (χ4v) is 4.49. The highest BCUT2D eigenvalue weighted by Gasteiger charge is 2.12. The van der Waals surface area contributed by atoms with E-state index < -0.39 is 10.8 Å². The number of hydrogen-bond acceptors (Lipinski definition) is 6. The molecule has 0 saturated carbocycles. The molecule has 35 heavy (non-hydrogen) atoms. The lowest BCUT2D eigenvalue weighted by Gasteiger charge is -2.12. The van der Waals surface area contributed by atoms with Gasteiger partial charge in [-0.3, -0.25) is 19.7 Å². The van der Waals surface area contributed by atoms with E-state index in [4.69, 9.17) is 4.74 Å². The first-order valence-corrected chi connectivity index (χ1v) is 11.8. The first-order valence-electron chi connectivity index (χ1n) is 10.2. The minimum absolute atomic E-state index is 0.107. The second-order valence-corrected chi connectivity index (χ2v) is 9.18. The molecule has 0 aliphatic carbocycles. The number of nitro benzene ring substituents is 1. The number of anilines is 1. The molecule has 0 aliphatic rings. The highest BCUT2D eigenvalue weighted by Crippen LogP contribution is 2.34. The van der Waals surface area contributed by atoms with Crippen LogP contribution in [-0.4, -0.2) is 29.6 Å². The van der Waals surface area contributed by atoms with Crippen molar-refractivity contribution in [3.63, 3.8) is 0 Å². The van der Waals surface area contributed by atoms with Gasteiger partial charge >= 0.3 is 0 Å². The van der Waals surface area contributed by atoms with Gasteiger partial charge < -0.3 is 10.1 Å². The van der Waals surface area contributed by atoms with Crippen molar-refractivity contribution in [1.29, 1.82) is 0 Å². The lowest BCUT2D eigenvalue weighted by molar-refractivity contribution is -0.384. The number of ether oxygens (including phenoxy) is 1. The second-order valence-electron chi connectivity index (χ2n) is 7.47. The molecule has 0 spiro atoms. The summed E-state index contributed by atoms with van der Waals surface area (Å²) in [6.45, 7) is 3.71. The van der Waals surface area contributed by atoms with Crippen LogP contribution in [0.2, 0.25) is 0 Å². The van der Waals surface area contributed by atoms with E-state index in [1.54, 1.807) is 12.1 Å². The summed E-state index contributed by atoms with van der Waals surface area (Å²) in [6, 6.07) is 14.4. The zero-order valence-electron chi connectivity index (χ0n) is 18.7. The van der Waals surface area contributed by atoms with Crippen molar-refractivity contribution in [2.24, 2.45) is 5.10 Å². The minimum Gasteiger partial charge on any atom is -0.481 e. The minimum atomic E-state index is -0.541. The second kappa shape index (κ2) is 11.7. The molecule has 0 radical (unpaired) electrons. The summed E-state index contributed by atoms with van der Waals surface area (Å²) >= 11 is 6.84. The van der Waals surface area contributed by atoms with Crippen LogP contribution in [0.15, 0.2) is 68.6 Å². The van der Waals surface area contributed by atoms with E-state index in [1.165, 1.54) is 30.5 Å². The molecular formula is C24H20Br2N4O5. The topological polar surface area (TPSA) is 123 Å². The summed E-state index contributed by atoms with van der Waals surface area (Å²) in [6.07, 6.45) is 1.43. The van der Waals surface area contributed by atoms with Gasteiger partial charge in [-0.2, -0.15) is 5.10 Å². The van der Waals surface area contributed by atoms with Gasteiger partial charge in [0.05, 0.1) is 20.1 Å². The van der Waals surface area contributed by atoms with Gasteiger partial charge in [0, 0.05) is 23.4 Å². The molecule has 9 nitrogen and oxygen atoms in total. The maximum absolute atomic E-state index is 12.3. The standard InChI is InChI=1S/C24H20Br2N4O5/c1-14-3-8-21(15(2)9-14)28-22(31)13-35-23-19(25)10-16(11-20(23)26)12-27-29-24(32)17-4-6-18(7-5-17)30(33)34/h3-12H,13H2,1-2H3,(H,28,31)(H,29,32)/b27-12+. The lowest BCUT2D eigenvalue weighted by Crippen LogP contribution is -2.21. The molecule has 0 fully saturated rings. The van der Waals surface area contributed by atoms with E-state index in [9.17, 15) is 19.7 Å². The third-order valence-electron chi connectivity index (χ3n) is 4.74. The Labute approximate surface area is 218 Å². The number of amides is 2. The molecule has 0 bridgehead atoms. The number of non-ortho nitro benzene ring substituents is 1. The Balaban J connectivity index is 1.58. The molecule has 0 saturated heterocycles. The van der Waals surface area contributed by atoms with Crippen LogP contribution in [0.3, 0.4) is 0 Å². The summed E-state index contributed by atoms with van der Waals surface area (Å²) in [5.41, 5.74) is 5.93. The number of nitrogens with one attached hydrogen (secondary N) is 2. The number of aryl methyl sites for hydroxylation is 2. The normalized spacial score (nSPS) is 10.7. The Morgan fingerprint density at radius 3 is 2.31 bits per heavy atom. The van der Waals surface area contributed by atoms with E-state index in [0.29, 0.717) is 20.3 Å². The Kier molecular flexibility index (Phi) is 8.72. The smallest absolute Gasteiger partial charge is 0.271 e. The zero-order chi connectivity index (χ0) is 25.5. The highest BCUT2D eigenvalue weighted by atomic mass is 79.9. The number of halogens is 2. The van der Waals surface area contributed by atoms with Crippen LogP contribution in [0.25, 0.3) is 0 Å². The van der Waals surface area contributed by atoms with Gasteiger partial charge in [-0.15, -0.1) is 0 Å². The Hall–Kier alpha value is -3.57. The van der Waals surface area contributed by atoms with Crippen molar-refractivity contribution in [2.45, 2.75) is 13.8 Å². The highest BCUT2D eigenvalue weighted by molar-refractivity contribution is 9.11. The van der Waals surface area contributed by atoms with Gasteiger partial charge in [-0.25, -0.2) is 5.43 Å². The van der Waals surface area contributed by atoms with Crippen LogP contribution in [0.5, 0.6) is 5.75 Å². The van der Waals surface area contributed by atoms with Crippen molar-refractivity contribution < 1.29 is 19.2 Å². The number of carbonyl (C=O) groups excluding carboxylic acids is 2. The van der Waals surface area contributed by atoms with Gasteiger partial charge in [0.25, 0.3) is 17.5 Å². The van der Waals surface area contributed by atoms with E-state index >= 15 is 0 Å². The summed E-state index contributed by atoms with van der Waals surface area (Å²) < 4.78 is 6.84. The van der Waals surface area contributed by atoms with Gasteiger partial charge in [0.2, 0.25) is 0 Å². The van der Waals surface area contributed by atoms with E-state index in [2.05, 4.69) is 47.7 Å². The number of benzene rings is 3. The summed E-state index contributed by atoms with van der Waals surface area (Å²) in [5, 5.41) is 17.5. The summed E-state index contributed by atoms with van der Waals surface area (Å²) in [5.74, 6) is -0.368. The van der Waals surface area contributed by atoms with Crippen LogP contribution < -0.4 is 15.5 Å². The largest absolute Gasteiger partial charge is 0.481 e. The third-order valence-corrected chi connectivity index (χ3v) is 5.92. The van der Waals surface area contributed by atoms with Crippen molar-refractivity contribution >= 4 is 61.3 Å². The van der Waals surface area contributed by atoms with Crippen LogP contribution in [0.1, 0.15) is 27.0 Å². The van der Waals surface area contributed by atoms with Crippen molar-refractivity contribution in [3.8, 4) is 5.75 Å². The fraction of sp³-hybridized carbons (Fsp3) is 0.125. The molecule has 0 heterocycles.